The van der Waals surface area contributed by atoms with E-state index in [1.54, 1.807) is 13.8 Å². The van der Waals surface area contributed by atoms with Crippen LogP contribution in [0.25, 0.3) is 0 Å². The highest BCUT2D eigenvalue weighted by Crippen LogP contribution is 2.18. The van der Waals surface area contributed by atoms with Gasteiger partial charge in [-0.3, -0.25) is 14.5 Å². The standard InChI is InChI=1S/C10H18N2O2/c1-7(10(11)14)12-5-3-4-9(6-12)8(2)13/h7,9H,3-6H2,1-2H3,(H2,11,14). The molecule has 2 unspecified atom stereocenters. The van der Waals surface area contributed by atoms with E-state index in [9.17, 15) is 9.59 Å². The minimum atomic E-state index is -0.311. The molecule has 1 aliphatic heterocycles. The normalized spacial score (nSPS) is 25.7. The zero-order chi connectivity index (χ0) is 10.7. The van der Waals surface area contributed by atoms with E-state index < -0.39 is 0 Å². The average Bonchev–Trinajstić information content (AvgIpc) is 2.16. The number of hydrogen-bond acceptors (Lipinski definition) is 3. The van der Waals surface area contributed by atoms with Gasteiger partial charge in [-0.1, -0.05) is 0 Å². The number of likely N-dealkylation sites (tertiary alicyclic amines) is 1. The molecule has 4 nitrogen and oxygen atoms in total. The Morgan fingerprint density at radius 2 is 2.14 bits per heavy atom. The van der Waals surface area contributed by atoms with Crippen LogP contribution in [-0.2, 0) is 9.59 Å². The van der Waals surface area contributed by atoms with E-state index >= 15 is 0 Å². The monoisotopic (exact) mass is 198 g/mol. The summed E-state index contributed by atoms with van der Waals surface area (Å²) in [5.74, 6) is -0.00822. The summed E-state index contributed by atoms with van der Waals surface area (Å²) in [5, 5.41) is 0. The van der Waals surface area contributed by atoms with Gasteiger partial charge in [0.1, 0.15) is 5.78 Å². The largest absolute Gasteiger partial charge is 0.368 e. The van der Waals surface area contributed by atoms with Gasteiger partial charge in [0, 0.05) is 12.5 Å². The van der Waals surface area contributed by atoms with Crippen molar-refractivity contribution in [2.45, 2.75) is 32.7 Å². The van der Waals surface area contributed by atoms with Crippen molar-refractivity contribution < 1.29 is 9.59 Å². The molecular formula is C10H18N2O2. The van der Waals surface area contributed by atoms with Crippen LogP contribution in [0.5, 0.6) is 0 Å². The second-order valence-electron chi connectivity index (χ2n) is 4.02. The third-order valence-electron chi connectivity index (χ3n) is 2.99. The molecule has 1 saturated heterocycles. The molecule has 1 aliphatic rings. The van der Waals surface area contributed by atoms with Gasteiger partial charge in [0.25, 0.3) is 0 Å². The van der Waals surface area contributed by atoms with Gasteiger partial charge >= 0.3 is 0 Å². The fourth-order valence-corrected chi connectivity index (χ4v) is 1.87. The number of piperidine rings is 1. The first-order chi connectivity index (χ1) is 6.52. The summed E-state index contributed by atoms with van der Waals surface area (Å²) in [5.41, 5.74) is 5.22. The Morgan fingerprint density at radius 1 is 1.50 bits per heavy atom. The number of amides is 1. The van der Waals surface area contributed by atoms with Crippen molar-refractivity contribution in [2.24, 2.45) is 11.7 Å². The quantitative estimate of drug-likeness (QED) is 0.702. The maximum atomic E-state index is 11.2. The van der Waals surface area contributed by atoms with Crippen LogP contribution in [0.3, 0.4) is 0 Å². The van der Waals surface area contributed by atoms with Gasteiger partial charge in [0.15, 0.2) is 0 Å². The molecule has 1 heterocycles. The maximum Gasteiger partial charge on any atom is 0.234 e. The van der Waals surface area contributed by atoms with Crippen LogP contribution in [0.15, 0.2) is 0 Å². The van der Waals surface area contributed by atoms with E-state index in [1.807, 2.05) is 4.90 Å². The van der Waals surface area contributed by atoms with Crippen molar-refractivity contribution in [3.63, 3.8) is 0 Å². The lowest BCUT2D eigenvalue weighted by molar-refractivity contribution is -0.127. The molecule has 0 aliphatic carbocycles. The fourth-order valence-electron chi connectivity index (χ4n) is 1.87. The van der Waals surface area contributed by atoms with Gasteiger partial charge in [-0.2, -0.15) is 0 Å². The Balaban J connectivity index is 2.55. The second-order valence-corrected chi connectivity index (χ2v) is 4.02. The summed E-state index contributed by atoms with van der Waals surface area (Å²) >= 11 is 0. The first kappa shape index (κ1) is 11.2. The van der Waals surface area contributed by atoms with E-state index in [0.717, 1.165) is 19.4 Å². The van der Waals surface area contributed by atoms with Crippen LogP contribution < -0.4 is 5.73 Å². The Bertz CT molecular complexity index is 228. The molecular weight excluding hydrogens is 180 g/mol. The summed E-state index contributed by atoms with van der Waals surface area (Å²) in [6, 6.07) is -0.253. The number of rotatable bonds is 3. The molecule has 0 bridgehead atoms. The zero-order valence-electron chi connectivity index (χ0n) is 8.82. The topological polar surface area (TPSA) is 63.4 Å². The summed E-state index contributed by atoms with van der Waals surface area (Å²) in [4.78, 5) is 24.2. The highest BCUT2D eigenvalue weighted by molar-refractivity contribution is 5.80. The molecule has 0 aromatic carbocycles. The second kappa shape index (κ2) is 4.55. The van der Waals surface area contributed by atoms with E-state index in [-0.39, 0.29) is 23.7 Å². The minimum Gasteiger partial charge on any atom is -0.368 e. The van der Waals surface area contributed by atoms with Crippen molar-refractivity contribution in [3.05, 3.63) is 0 Å². The zero-order valence-corrected chi connectivity index (χ0v) is 8.82. The average molecular weight is 198 g/mol. The van der Waals surface area contributed by atoms with Gasteiger partial charge in [-0.05, 0) is 33.2 Å². The number of carbonyl (C=O) groups is 2. The van der Waals surface area contributed by atoms with Crippen LogP contribution in [0.4, 0.5) is 0 Å². The molecule has 2 N–H and O–H groups in total. The number of primary amides is 1. The molecule has 1 amide bonds. The highest BCUT2D eigenvalue weighted by Gasteiger charge is 2.27. The Kier molecular flexibility index (Phi) is 3.63. The van der Waals surface area contributed by atoms with Crippen LogP contribution in [0, 0.1) is 5.92 Å². The molecule has 0 radical (unpaired) electrons. The predicted octanol–water partition coefficient (Wildman–Crippen LogP) is 0.161. The summed E-state index contributed by atoms with van der Waals surface area (Å²) in [6.07, 6.45) is 1.92. The first-order valence-electron chi connectivity index (χ1n) is 5.06. The molecule has 2 atom stereocenters. The SMILES string of the molecule is CC(=O)C1CCCN(C(C)C(N)=O)C1. The lowest BCUT2D eigenvalue weighted by Crippen LogP contribution is -2.48. The van der Waals surface area contributed by atoms with Gasteiger partial charge in [-0.25, -0.2) is 0 Å². The van der Waals surface area contributed by atoms with Crippen molar-refractivity contribution in [1.29, 1.82) is 0 Å². The molecule has 0 spiro atoms. The molecule has 4 heteroatoms. The smallest absolute Gasteiger partial charge is 0.234 e. The Hall–Kier alpha value is -0.900. The van der Waals surface area contributed by atoms with Gasteiger partial charge in [0.2, 0.25) is 5.91 Å². The molecule has 0 aromatic heterocycles. The van der Waals surface area contributed by atoms with Gasteiger partial charge in [0.05, 0.1) is 6.04 Å². The van der Waals surface area contributed by atoms with Gasteiger partial charge in [-0.15, -0.1) is 0 Å². The Labute approximate surface area is 84.4 Å². The molecule has 1 rings (SSSR count). The number of nitrogens with two attached hydrogens (primary N) is 1. The number of ketones is 1. The van der Waals surface area contributed by atoms with Crippen LogP contribution in [-0.4, -0.2) is 35.7 Å². The third kappa shape index (κ3) is 2.54. The van der Waals surface area contributed by atoms with Crippen molar-refractivity contribution in [3.8, 4) is 0 Å². The maximum absolute atomic E-state index is 11.2. The minimum absolute atomic E-state index is 0.0885. The predicted molar refractivity (Wildman–Crippen MR) is 53.6 cm³/mol. The van der Waals surface area contributed by atoms with E-state index in [0.29, 0.717) is 6.54 Å². The van der Waals surface area contributed by atoms with Gasteiger partial charge < -0.3 is 5.73 Å². The van der Waals surface area contributed by atoms with E-state index in [2.05, 4.69) is 0 Å². The number of carbonyl (C=O) groups excluding carboxylic acids is 2. The number of hydrogen-bond donors (Lipinski definition) is 1. The Morgan fingerprint density at radius 3 is 2.64 bits per heavy atom. The van der Waals surface area contributed by atoms with Crippen LogP contribution in [0.2, 0.25) is 0 Å². The summed E-state index contributed by atoms with van der Waals surface area (Å²) in [6.45, 7) is 4.96. The third-order valence-corrected chi connectivity index (χ3v) is 2.99. The van der Waals surface area contributed by atoms with Crippen molar-refractivity contribution in [2.75, 3.05) is 13.1 Å². The molecule has 0 saturated carbocycles. The van der Waals surface area contributed by atoms with Crippen molar-refractivity contribution in [1.82, 2.24) is 4.90 Å². The van der Waals surface area contributed by atoms with E-state index in [1.165, 1.54) is 0 Å². The summed E-state index contributed by atoms with van der Waals surface area (Å²) < 4.78 is 0. The summed E-state index contributed by atoms with van der Waals surface area (Å²) in [7, 11) is 0. The lowest BCUT2D eigenvalue weighted by atomic mass is 9.93. The molecule has 80 valence electrons. The van der Waals surface area contributed by atoms with Crippen LogP contribution in [0.1, 0.15) is 26.7 Å². The highest BCUT2D eigenvalue weighted by atomic mass is 16.1. The number of nitrogens with zero attached hydrogens (tertiary/aromatic N) is 1. The molecule has 14 heavy (non-hydrogen) atoms. The fraction of sp³-hybridized carbons (Fsp3) is 0.800. The lowest BCUT2D eigenvalue weighted by Gasteiger charge is -2.34. The molecule has 0 aromatic rings. The van der Waals surface area contributed by atoms with Crippen molar-refractivity contribution >= 4 is 11.7 Å². The molecule has 1 fully saturated rings. The van der Waals surface area contributed by atoms with Crippen LogP contribution >= 0.6 is 0 Å². The number of Topliss-reactive ketones (excluding diaryl/α,β-unsaturated/α-hetero) is 1. The van der Waals surface area contributed by atoms with E-state index in [4.69, 9.17) is 5.73 Å². The first-order valence-corrected chi connectivity index (χ1v) is 5.06.